The van der Waals surface area contributed by atoms with Gasteiger partial charge in [0.1, 0.15) is 11.4 Å². The smallest absolute Gasteiger partial charge is 0.211 e. The maximum absolute atomic E-state index is 13.8. The van der Waals surface area contributed by atoms with Gasteiger partial charge in [-0.25, -0.2) is 12.8 Å². The molecule has 3 atom stereocenters. The molecule has 1 saturated carbocycles. The van der Waals surface area contributed by atoms with E-state index in [1.165, 1.54) is 10.6 Å². The highest BCUT2D eigenvalue weighted by molar-refractivity contribution is 7.88. The Morgan fingerprint density at radius 3 is 2.52 bits per heavy atom. The van der Waals surface area contributed by atoms with E-state index in [9.17, 15) is 12.8 Å². The minimum absolute atomic E-state index is 0.398. The van der Waals surface area contributed by atoms with Crippen LogP contribution in [0.2, 0.25) is 0 Å². The van der Waals surface area contributed by atoms with Crippen LogP contribution in [0.25, 0.3) is 5.57 Å². The SMILES string of the molecule is CC(C)(F)CN1CC2C(COc3ccc(C4=CCN(S(C)(=O)=O)CC4)nc3)[C@@H]2C1. The van der Waals surface area contributed by atoms with Gasteiger partial charge in [-0.15, -0.1) is 0 Å². The highest BCUT2D eigenvalue weighted by Gasteiger charge is 2.56. The van der Waals surface area contributed by atoms with Crippen molar-refractivity contribution in [2.45, 2.75) is 25.9 Å². The van der Waals surface area contributed by atoms with Crippen LogP contribution in [0.3, 0.4) is 0 Å². The number of rotatable bonds is 7. The Bertz CT molecular complexity index is 867. The molecule has 0 aromatic carbocycles. The van der Waals surface area contributed by atoms with Crippen molar-refractivity contribution in [1.82, 2.24) is 14.2 Å². The number of alkyl halides is 1. The number of pyridine rings is 1. The number of likely N-dealkylation sites (tertiary alicyclic amines) is 1. The van der Waals surface area contributed by atoms with Crippen molar-refractivity contribution in [1.29, 1.82) is 0 Å². The molecule has 0 radical (unpaired) electrons. The van der Waals surface area contributed by atoms with Crippen LogP contribution in [0.1, 0.15) is 26.0 Å². The molecule has 0 spiro atoms. The van der Waals surface area contributed by atoms with Crippen LogP contribution in [0.4, 0.5) is 4.39 Å². The Balaban J connectivity index is 1.24. The summed E-state index contributed by atoms with van der Waals surface area (Å²) in [5.74, 6) is 2.59. The Morgan fingerprint density at radius 1 is 1.28 bits per heavy atom. The molecule has 2 unspecified atom stereocenters. The summed E-state index contributed by atoms with van der Waals surface area (Å²) in [6, 6.07) is 3.87. The van der Waals surface area contributed by atoms with E-state index in [-0.39, 0.29) is 0 Å². The van der Waals surface area contributed by atoms with Gasteiger partial charge in [0.15, 0.2) is 0 Å². The van der Waals surface area contributed by atoms with Crippen LogP contribution in [-0.4, -0.2) is 73.9 Å². The number of sulfonamides is 1. The summed E-state index contributed by atoms with van der Waals surface area (Å²) >= 11 is 0. The summed E-state index contributed by atoms with van der Waals surface area (Å²) in [7, 11) is -3.14. The molecule has 0 bridgehead atoms. The van der Waals surface area contributed by atoms with E-state index in [1.54, 1.807) is 20.0 Å². The van der Waals surface area contributed by atoms with Gasteiger partial charge in [0, 0.05) is 38.6 Å². The lowest BCUT2D eigenvalue weighted by Crippen LogP contribution is -2.36. The first-order valence-corrected chi connectivity index (χ1v) is 12.1. The molecular formula is C21H30FN3O3S. The summed E-state index contributed by atoms with van der Waals surface area (Å²) in [5, 5.41) is 0. The number of nitrogens with zero attached hydrogens (tertiary/aromatic N) is 3. The first-order valence-electron chi connectivity index (χ1n) is 10.2. The minimum atomic E-state index is -3.14. The largest absolute Gasteiger partial charge is 0.492 e. The van der Waals surface area contributed by atoms with Gasteiger partial charge in [0.2, 0.25) is 10.0 Å². The van der Waals surface area contributed by atoms with Crippen LogP contribution < -0.4 is 4.74 Å². The summed E-state index contributed by atoms with van der Waals surface area (Å²) in [4.78, 5) is 6.73. The molecule has 8 heteroatoms. The predicted molar refractivity (Wildman–Crippen MR) is 111 cm³/mol. The van der Waals surface area contributed by atoms with Crippen molar-refractivity contribution in [2.24, 2.45) is 17.8 Å². The molecule has 160 valence electrons. The molecule has 0 N–H and O–H groups in total. The molecule has 1 aromatic rings. The maximum Gasteiger partial charge on any atom is 0.211 e. The van der Waals surface area contributed by atoms with E-state index in [0.29, 0.717) is 50.4 Å². The standard InChI is InChI=1S/C21H30FN3O3S/c1-21(2,22)14-24-11-17-18(12-24)19(17)13-28-16-4-5-20(23-10-16)15-6-8-25(9-7-15)29(3,26)27/h4-6,10,17-19H,7-9,11-14H2,1-3H3/t17-,18?,19?/m1/s1. The fourth-order valence-electron chi connectivity index (χ4n) is 4.68. The topological polar surface area (TPSA) is 62.7 Å². The first kappa shape index (κ1) is 20.8. The number of hydrogen-bond acceptors (Lipinski definition) is 5. The Labute approximate surface area is 172 Å². The second kappa shape index (κ2) is 7.63. The summed E-state index contributed by atoms with van der Waals surface area (Å²) in [5.41, 5.74) is 0.815. The van der Waals surface area contributed by atoms with Crippen molar-refractivity contribution >= 4 is 15.6 Å². The zero-order chi connectivity index (χ0) is 20.8. The molecule has 1 saturated heterocycles. The van der Waals surface area contributed by atoms with Gasteiger partial charge in [-0.1, -0.05) is 6.08 Å². The highest BCUT2D eigenvalue weighted by Crippen LogP contribution is 2.52. The number of ether oxygens (including phenoxy) is 1. The monoisotopic (exact) mass is 423 g/mol. The fourth-order valence-corrected chi connectivity index (χ4v) is 5.45. The van der Waals surface area contributed by atoms with Crippen LogP contribution in [0.15, 0.2) is 24.4 Å². The maximum atomic E-state index is 13.8. The first-order chi connectivity index (χ1) is 13.6. The molecule has 3 aliphatic rings. The van der Waals surface area contributed by atoms with Crippen LogP contribution in [-0.2, 0) is 10.0 Å². The van der Waals surface area contributed by atoms with E-state index in [0.717, 1.165) is 30.1 Å². The third-order valence-electron chi connectivity index (χ3n) is 6.20. The molecule has 3 heterocycles. The van der Waals surface area contributed by atoms with Crippen LogP contribution in [0.5, 0.6) is 5.75 Å². The van der Waals surface area contributed by atoms with E-state index in [4.69, 9.17) is 4.74 Å². The molecule has 4 rings (SSSR count). The molecule has 0 amide bonds. The zero-order valence-corrected chi connectivity index (χ0v) is 18.2. The van der Waals surface area contributed by atoms with Gasteiger partial charge >= 0.3 is 0 Å². The van der Waals surface area contributed by atoms with Gasteiger partial charge in [-0.2, -0.15) is 4.31 Å². The lowest BCUT2D eigenvalue weighted by molar-refractivity contribution is 0.126. The number of aromatic nitrogens is 1. The molecule has 2 aliphatic heterocycles. The number of halogens is 1. The van der Waals surface area contributed by atoms with Crippen molar-refractivity contribution in [3.8, 4) is 5.75 Å². The summed E-state index contributed by atoms with van der Waals surface area (Å²) in [6.45, 7) is 7.31. The molecule has 2 fully saturated rings. The van der Waals surface area contributed by atoms with Crippen molar-refractivity contribution in [3.63, 3.8) is 0 Å². The van der Waals surface area contributed by atoms with E-state index in [1.807, 2.05) is 18.2 Å². The Morgan fingerprint density at radius 2 is 2.00 bits per heavy atom. The Hall–Kier alpha value is -1.51. The number of piperidine rings is 1. The fraction of sp³-hybridized carbons (Fsp3) is 0.667. The lowest BCUT2D eigenvalue weighted by atomic mass is 10.1. The number of hydrogen-bond donors (Lipinski definition) is 0. The van der Waals surface area contributed by atoms with Gasteiger partial charge in [-0.3, -0.25) is 9.88 Å². The van der Waals surface area contributed by atoms with E-state index < -0.39 is 15.7 Å². The second-order valence-corrected chi connectivity index (χ2v) is 11.2. The van der Waals surface area contributed by atoms with E-state index in [2.05, 4.69) is 9.88 Å². The van der Waals surface area contributed by atoms with Crippen molar-refractivity contribution < 1.29 is 17.5 Å². The van der Waals surface area contributed by atoms with Crippen molar-refractivity contribution in [2.75, 3.05) is 45.6 Å². The Kier molecular flexibility index (Phi) is 5.46. The predicted octanol–water partition coefficient (Wildman–Crippen LogP) is 2.44. The minimum Gasteiger partial charge on any atom is -0.492 e. The zero-order valence-electron chi connectivity index (χ0n) is 17.3. The highest BCUT2D eigenvalue weighted by atomic mass is 32.2. The van der Waals surface area contributed by atoms with Crippen molar-refractivity contribution in [3.05, 3.63) is 30.1 Å². The van der Waals surface area contributed by atoms with Gasteiger partial charge in [0.25, 0.3) is 0 Å². The quantitative estimate of drug-likeness (QED) is 0.674. The number of fused-ring (bicyclic) bond motifs is 1. The third kappa shape index (κ3) is 4.98. The molecule has 29 heavy (non-hydrogen) atoms. The summed E-state index contributed by atoms with van der Waals surface area (Å²) in [6.07, 6.45) is 5.58. The molecule has 1 aliphatic carbocycles. The lowest BCUT2D eigenvalue weighted by Gasteiger charge is -2.25. The van der Waals surface area contributed by atoms with Crippen LogP contribution >= 0.6 is 0 Å². The average Bonchev–Trinajstić information content (AvgIpc) is 3.10. The summed E-state index contributed by atoms with van der Waals surface area (Å²) < 4.78 is 44.4. The normalized spacial score (nSPS) is 28.1. The average molecular weight is 424 g/mol. The molecular weight excluding hydrogens is 393 g/mol. The van der Waals surface area contributed by atoms with Gasteiger partial charge in [-0.05, 0) is 49.8 Å². The van der Waals surface area contributed by atoms with Gasteiger partial charge in [0.05, 0.1) is 24.8 Å². The third-order valence-corrected chi connectivity index (χ3v) is 7.46. The van der Waals surface area contributed by atoms with Gasteiger partial charge < -0.3 is 4.74 Å². The molecule has 1 aromatic heterocycles. The van der Waals surface area contributed by atoms with Crippen LogP contribution in [0, 0.1) is 17.8 Å². The molecule has 6 nitrogen and oxygen atoms in total. The van der Waals surface area contributed by atoms with E-state index >= 15 is 0 Å². The second-order valence-electron chi connectivity index (χ2n) is 9.19.